The number of carbonyl (C=O) groups excluding carboxylic acids is 2. The molecule has 1 aromatic carbocycles. The van der Waals surface area contributed by atoms with Gasteiger partial charge in [-0.05, 0) is 26.0 Å². The van der Waals surface area contributed by atoms with Crippen molar-refractivity contribution in [1.29, 1.82) is 0 Å². The van der Waals surface area contributed by atoms with Gasteiger partial charge < -0.3 is 15.8 Å². The van der Waals surface area contributed by atoms with Crippen LogP contribution in [0.4, 0.5) is 5.69 Å². The van der Waals surface area contributed by atoms with Crippen LogP contribution in [0.2, 0.25) is 10.0 Å². The van der Waals surface area contributed by atoms with Gasteiger partial charge in [0.2, 0.25) is 0 Å². The Labute approximate surface area is 121 Å². The molecule has 0 bridgehead atoms. The van der Waals surface area contributed by atoms with E-state index in [9.17, 15) is 9.59 Å². The fourth-order valence-electron chi connectivity index (χ4n) is 1.33. The highest BCUT2D eigenvalue weighted by atomic mass is 35.5. The smallest absolute Gasteiger partial charge is 0.340 e. The lowest BCUT2D eigenvalue weighted by molar-refractivity contribution is -0.124. The molecule has 5 nitrogen and oxygen atoms in total. The third kappa shape index (κ3) is 4.61. The summed E-state index contributed by atoms with van der Waals surface area (Å²) in [5, 5.41) is 3.01. The van der Waals surface area contributed by atoms with Gasteiger partial charge in [-0.25, -0.2) is 4.79 Å². The first kappa shape index (κ1) is 15.6. The molecule has 3 N–H and O–H groups in total. The van der Waals surface area contributed by atoms with E-state index >= 15 is 0 Å². The van der Waals surface area contributed by atoms with E-state index in [1.807, 2.05) is 0 Å². The maximum atomic E-state index is 11.8. The second kappa shape index (κ2) is 6.63. The Bertz CT molecular complexity index is 504. The Kier molecular flexibility index (Phi) is 5.44. The highest BCUT2D eigenvalue weighted by molar-refractivity contribution is 6.37. The molecule has 0 aromatic heterocycles. The second-order valence-corrected chi connectivity index (χ2v) is 4.99. The van der Waals surface area contributed by atoms with E-state index in [1.54, 1.807) is 13.8 Å². The predicted molar refractivity (Wildman–Crippen MR) is 74.4 cm³/mol. The van der Waals surface area contributed by atoms with Gasteiger partial charge >= 0.3 is 5.97 Å². The van der Waals surface area contributed by atoms with Crippen molar-refractivity contribution in [3.8, 4) is 0 Å². The summed E-state index contributed by atoms with van der Waals surface area (Å²) in [5.74, 6) is -1.14. The number of anilines is 1. The minimum Gasteiger partial charge on any atom is -0.452 e. The van der Waals surface area contributed by atoms with Crippen molar-refractivity contribution in [3.05, 3.63) is 27.7 Å². The van der Waals surface area contributed by atoms with Gasteiger partial charge in [-0.2, -0.15) is 0 Å². The number of carbonyl (C=O) groups is 2. The van der Waals surface area contributed by atoms with Crippen LogP contribution in [0.3, 0.4) is 0 Å². The molecule has 0 atom stereocenters. The van der Waals surface area contributed by atoms with Crippen LogP contribution < -0.4 is 11.1 Å². The number of amides is 1. The number of nitrogens with one attached hydrogen (secondary N) is 1. The van der Waals surface area contributed by atoms with Crippen LogP contribution in [-0.4, -0.2) is 24.5 Å². The number of esters is 1. The maximum absolute atomic E-state index is 11.8. The Hall–Kier alpha value is -1.46. The standard InChI is InChI=1S/C12H14Cl2N2O3/c1-6(2)16-10(17)5-19-12(18)8-3-7(13)4-9(14)11(8)15/h3-4,6H,5,15H2,1-2H3,(H,16,17). The Morgan fingerprint density at radius 1 is 1.37 bits per heavy atom. The molecule has 0 fully saturated rings. The van der Waals surface area contributed by atoms with Gasteiger partial charge in [0.15, 0.2) is 6.61 Å². The van der Waals surface area contributed by atoms with Crippen LogP contribution in [0, 0.1) is 0 Å². The Morgan fingerprint density at radius 3 is 2.58 bits per heavy atom. The molecule has 0 aliphatic rings. The van der Waals surface area contributed by atoms with Gasteiger partial charge in [0.1, 0.15) is 0 Å². The van der Waals surface area contributed by atoms with Crippen molar-refractivity contribution < 1.29 is 14.3 Å². The molecule has 0 aliphatic carbocycles. The first-order valence-electron chi connectivity index (χ1n) is 5.52. The number of hydrogen-bond acceptors (Lipinski definition) is 4. The molecule has 104 valence electrons. The zero-order valence-corrected chi connectivity index (χ0v) is 12.0. The molecule has 0 spiro atoms. The summed E-state index contributed by atoms with van der Waals surface area (Å²) in [4.78, 5) is 23.1. The molecule has 19 heavy (non-hydrogen) atoms. The van der Waals surface area contributed by atoms with Crippen molar-refractivity contribution in [1.82, 2.24) is 5.32 Å². The SMILES string of the molecule is CC(C)NC(=O)COC(=O)c1cc(Cl)cc(Cl)c1N. The summed E-state index contributed by atoms with van der Waals surface area (Å²) in [6.45, 7) is 3.21. The molecule has 0 unspecified atom stereocenters. The van der Waals surface area contributed by atoms with Crippen molar-refractivity contribution in [2.45, 2.75) is 19.9 Å². The number of halogens is 2. The first-order chi connectivity index (χ1) is 8.81. The minimum atomic E-state index is -0.749. The van der Waals surface area contributed by atoms with E-state index < -0.39 is 11.9 Å². The zero-order valence-electron chi connectivity index (χ0n) is 10.5. The Morgan fingerprint density at radius 2 is 2.00 bits per heavy atom. The van der Waals surface area contributed by atoms with Crippen LogP contribution in [0.25, 0.3) is 0 Å². The van der Waals surface area contributed by atoms with Gasteiger partial charge in [-0.15, -0.1) is 0 Å². The first-order valence-corrected chi connectivity index (χ1v) is 6.28. The summed E-state index contributed by atoms with van der Waals surface area (Å²) < 4.78 is 4.83. The van der Waals surface area contributed by atoms with Crippen LogP contribution >= 0.6 is 23.2 Å². The maximum Gasteiger partial charge on any atom is 0.340 e. The van der Waals surface area contributed by atoms with Gasteiger partial charge in [-0.3, -0.25) is 4.79 Å². The van der Waals surface area contributed by atoms with Gasteiger partial charge in [0.25, 0.3) is 5.91 Å². The number of nitrogen functional groups attached to an aromatic ring is 1. The monoisotopic (exact) mass is 304 g/mol. The van der Waals surface area contributed by atoms with Gasteiger partial charge in [0, 0.05) is 11.1 Å². The fourth-order valence-corrected chi connectivity index (χ4v) is 1.82. The van der Waals surface area contributed by atoms with Crippen LogP contribution in [0.15, 0.2) is 12.1 Å². The van der Waals surface area contributed by atoms with Crippen molar-refractivity contribution in [2.24, 2.45) is 0 Å². The summed E-state index contributed by atoms with van der Waals surface area (Å²) >= 11 is 11.6. The van der Waals surface area contributed by atoms with Crippen molar-refractivity contribution in [3.63, 3.8) is 0 Å². The van der Waals surface area contributed by atoms with Gasteiger partial charge in [-0.1, -0.05) is 23.2 Å². The average Bonchev–Trinajstić information content (AvgIpc) is 2.29. The van der Waals surface area contributed by atoms with E-state index in [0.717, 1.165) is 0 Å². The molecule has 0 radical (unpaired) electrons. The third-order valence-electron chi connectivity index (χ3n) is 2.10. The van der Waals surface area contributed by atoms with Gasteiger partial charge in [0.05, 0.1) is 16.3 Å². The third-order valence-corrected chi connectivity index (χ3v) is 2.63. The van der Waals surface area contributed by atoms with E-state index in [-0.39, 0.29) is 33.9 Å². The second-order valence-electron chi connectivity index (χ2n) is 4.15. The summed E-state index contributed by atoms with van der Waals surface area (Å²) in [6.07, 6.45) is 0. The van der Waals surface area contributed by atoms with Crippen molar-refractivity contribution in [2.75, 3.05) is 12.3 Å². The normalized spacial score (nSPS) is 10.4. The number of rotatable bonds is 4. The largest absolute Gasteiger partial charge is 0.452 e. The number of hydrogen-bond donors (Lipinski definition) is 2. The van der Waals surface area contributed by atoms with Crippen molar-refractivity contribution >= 4 is 40.8 Å². The Balaban J connectivity index is 2.72. The number of benzene rings is 1. The minimum absolute atomic E-state index is 0.0307. The van der Waals surface area contributed by atoms with E-state index in [4.69, 9.17) is 33.7 Å². The molecule has 0 saturated heterocycles. The molecule has 0 saturated carbocycles. The zero-order chi connectivity index (χ0) is 14.6. The number of nitrogens with two attached hydrogens (primary N) is 1. The highest BCUT2D eigenvalue weighted by Gasteiger charge is 2.16. The van der Waals surface area contributed by atoms with E-state index in [2.05, 4.69) is 5.32 Å². The molecular formula is C12H14Cl2N2O3. The quantitative estimate of drug-likeness (QED) is 0.660. The molecule has 0 heterocycles. The molecule has 1 aromatic rings. The molecule has 1 amide bonds. The van der Waals surface area contributed by atoms with Crippen LogP contribution in [0.5, 0.6) is 0 Å². The highest BCUT2D eigenvalue weighted by Crippen LogP contribution is 2.27. The average molecular weight is 305 g/mol. The fraction of sp³-hybridized carbons (Fsp3) is 0.333. The molecular weight excluding hydrogens is 291 g/mol. The molecule has 0 aliphatic heterocycles. The lowest BCUT2D eigenvalue weighted by Crippen LogP contribution is -2.34. The summed E-state index contributed by atoms with van der Waals surface area (Å²) in [6, 6.07) is 2.73. The summed E-state index contributed by atoms with van der Waals surface area (Å²) in [5.41, 5.74) is 5.75. The molecule has 7 heteroatoms. The number of ether oxygens (including phenoxy) is 1. The van der Waals surface area contributed by atoms with E-state index in [1.165, 1.54) is 12.1 Å². The van der Waals surface area contributed by atoms with Crippen LogP contribution in [-0.2, 0) is 9.53 Å². The predicted octanol–water partition coefficient (Wildman–Crippen LogP) is 2.26. The van der Waals surface area contributed by atoms with E-state index in [0.29, 0.717) is 0 Å². The molecule has 1 rings (SSSR count). The topological polar surface area (TPSA) is 81.4 Å². The van der Waals surface area contributed by atoms with Crippen LogP contribution in [0.1, 0.15) is 24.2 Å². The summed E-state index contributed by atoms with van der Waals surface area (Å²) in [7, 11) is 0. The lowest BCUT2D eigenvalue weighted by Gasteiger charge is -2.10. The lowest BCUT2D eigenvalue weighted by atomic mass is 10.2.